The van der Waals surface area contributed by atoms with E-state index in [0.29, 0.717) is 17.1 Å². The molecule has 1 atom stereocenters. The average Bonchev–Trinajstić information content (AvgIpc) is 3.09. The summed E-state index contributed by atoms with van der Waals surface area (Å²) in [6.45, 7) is 1.67. The summed E-state index contributed by atoms with van der Waals surface area (Å²) in [7, 11) is 0. The Balaban J connectivity index is 1.55. The number of hydrogen-bond donors (Lipinski definition) is 1. The van der Waals surface area contributed by atoms with E-state index in [1.165, 1.54) is 12.8 Å². The molecule has 1 unspecified atom stereocenters. The van der Waals surface area contributed by atoms with Crippen molar-refractivity contribution in [2.75, 3.05) is 18.4 Å². The SMILES string of the molecule is O=C(C1CCCC1)N1CCC(Nc2ccnc(Cl)c2)C1. The lowest BCUT2D eigenvalue weighted by molar-refractivity contribution is -0.134. The number of halogens is 1. The first-order valence-corrected chi connectivity index (χ1v) is 7.77. The van der Waals surface area contributed by atoms with Gasteiger partial charge in [-0.25, -0.2) is 4.98 Å². The highest BCUT2D eigenvalue weighted by Crippen LogP contribution is 2.28. The van der Waals surface area contributed by atoms with Crippen LogP contribution in [0.25, 0.3) is 0 Å². The van der Waals surface area contributed by atoms with Crippen LogP contribution in [-0.4, -0.2) is 34.9 Å². The fourth-order valence-corrected chi connectivity index (χ4v) is 3.41. The molecule has 3 rings (SSSR count). The molecule has 1 amide bonds. The maximum absolute atomic E-state index is 12.4. The first kappa shape index (κ1) is 13.7. The fraction of sp³-hybridized carbons (Fsp3) is 0.600. The third kappa shape index (κ3) is 3.06. The minimum Gasteiger partial charge on any atom is -0.380 e. The summed E-state index contributed by atoms with van der Waals surface area (Å²) in [4.78, 5) is 18.4. The van der Waals surface area contributed by atoms with E-state index in [2.05, 4.69) is 10.3 Å². The second-order valence-electron chi connectivity index (χ2n) is 5.76. The van der Waals surface area contributed by atoms with E-state index >= 15 is 0 Å². The van der Waals surface area contributed by atoms with E-state index in [4.69, 9.17) is 11.6 Å². The van der Waals surface area contributed by atoms with E-state index in [1.807, 2.05) is 17.0 Å². The van der Waals surface area contributed by atoms with E-state index < -0.39 is 0 Å². The molecule has 1 aromatic rings. The summed E-state index contributed by atoms with van der Waals surface area (Å²) in [5.74, 6) is 0.642. The van der Waals surface area contributed by atoms with Crippen LogP contribution in [0.3, 0.4) is 0 Å². The van der Waals surface area contributed by atoms with Crippen molar-refractivity contribution in [1.29, 1.82) is 0 Å². The Hall–Kier alpha value is -1.29. The fourth-order valence-electron chi connectivity index (χ4n) is 3.24. The number of hydrogen-bond acceptors (Lipinski definition) is 3. The molecule has 0 spiro atoms. The van der Waals surface area contributed by atoms with Crippen molar-refractivity contribution < 1.29 is 4.79 Å². The first-order chi connectivity index (χ1) is 9.72. The smallest absolute Gasteiger partial charge is 0.225 e. The zero-order chi connectivity index (χ0) is 13.9. The molecule has 1 aliphatic carbocycles. The van der Waals surface area contributed by atoms with Crippen molar-refractivity contribution in [2.24, 2.45) is 5.92 Å². The van der Waals surface area contributed by atoms with Crippen LogP contribution in [-0.2, 0) is 4.79 Å². The van der Waals surface area contributed by atoms with Gasteiger partial charge in [-0.2, -0.15) is 0 Å². The zero-order valence-corrected chi connectivity index (χ0v) is 12.3. The van der Waals surface area contributed by atoms with Gasteiger partial charge in [0.2, 0.25) is 5.91 Å². The Labute approximate surface area is 124 Å². The van der Waals surface area contributed by atoms with Gasteiger partial charge in [0.25, 0.3) is 0 Å². The highest BCUT2D eigenvalue weighted by molar-refractivity contribution is 6.29. The minimum absolute atomic E-state index is 0.282. The predicted octanol–water partition coefficient (Wildman–Crippen LogP) is 2.94. The number of aromatic nitrogens is 1. The molecular formula is C15H20ClN3O. The molecule has 0 radical (unpaired) electrons. The Morgan fingerprint density at radius 3 is 2.90 bits per heavy atom. The maximum Gasteiger partial charge on any atom is 0.225 e. The van der Waals surface area contributed by atoms with Gasteiger partial charge in [-0.3, -0.25) is 4.79 Å². The highest BCUT2D eigenvalue weighted by atomic mass is 35.5. The van der Waals surface area contributed by atoms with Crippen LogP contribution in [0.4, 0.5) is 5.69 Å². The third-order valence-electron chi connectivity index (χ3n) is 4.30. The van der Waals surface area contributed by atoms with E-state index in [-0.39, 0.29) is 5.92 Å². The summed E-state index contributed by atoms with van der Waals surface area (Å²) >= 11 is 5.88. The van der Waals surface area contributed by atoms with Gasteiger partial charge in [0.05, 0.1) is 0 Å². The zero-order valence-electron chi connectivity index (χ0n) is 11.5. The lowest BCUT2D eigenvalue weighted by Gasteiger charge is -2.21. The first-order valence-electron chi connectivity index (χ1n) is 7.39. The summed E-state index contributed by atoms with van der Waals surface area (Å²) < 4.78 is 0. The standard InChI is InChI=1S/C15H20ClN3O/c16-14-9-12(5-7-17-14)18-13-6-8-19(10-13)15(20)11-3-1-2-4-11/h5,7,9,11,13H,1-4,6,8,10H2,(H,17,18). The molecule has 0 bridgehead atoms. The Kier molecular flexibility index (Phi) is 4.10. The minimum atomic E-state index is 0.282. The highest BCUT2D eigenvalue weighted by Gasteiger charge is 2.32. The van der Waals surface area contributed by atoms with Crippen LogP contribution < -0.4 is 5.32 Å². The van der Waals surface area contributed by atoms with Gasteiger partial charge in [-0.05, 0) is 31.4 Å². The molecule has 1 aromatic heterocycles. The van der Waals surface area contributed by atoms with Gasteiger partial charge in [0.1, 0.15) is 5.15 Å². The second-order valence-corrected chi connectivity index (χ2v) is 6.15. The van der Waals surface area contributed by atoms with E-state index in [0.717, 1.165) is 38.0 Å². The molecule has 1 N–H and O–H groups in total. The number of anilines is 1. The van der Waals surface area contributed by atoms with Crippen molar-refractivity contribution >= 4 is 23.2 Å². The van der Waals surface area contributed by atoms with Crippen LogP contribution in [0.5, 0.6) is 0 Å². The quantitative estimate of drug-likeness (QED) is 0.872. The van der Waals surface area contributed by atoms with Crippen LogP contribution in [0.2, 0.25) is 5.15 Å². The van der Waals surface area contributed by atoms with Crippen LogP contribution in [0.15, 0.2) is 18.3 Å². The number of carbonyl (C=O) groups is 1. The lowest BCUT2D eigenvalue weighted by atomic mass is 10.1. The van der Waals surface area contributed by atoms with Crippen LogP contribution >= 0.6 is 11.6 Å². The molecule has 20 heavy (non-hydrogen) atoms. The van der Waals surface area contributed by atoms with Crippen molar-refractivity contribution in [3.63, 3.8) is 0 Å². The molecule has 1 saturated carbocycles. The van der Waals surface area contributed by atoms with Crippen LogP contribution in [0.1, 0.15) is 32.1 Å². The lowest BCUT2D eigenvalue weighted by Crippen LogP contribution is -2.35. The molecule has 1 saturated heterocycles. The largest absolute Gasteiger partial charge is 0.380 e. The Morgan fingerprint density at radius 2 is 2.15 bits per heavy atom. The van der Waals surface area contributed by atoms with Crippen molar-refractivity contribution in [3.8, 4) is 0 Å². The van der Waals surface area contributed by atoms with Crippen LogP contribution in [0, 0.1) is 5.92 Å². The topological polar surface area (TPSA) is 45.2 Å². The molecule has 1 aliphatic heterocycles. The Morgan fingerprint density at radius 1 is 1.35 bits per heavy atom. The maximum atomic E-state index is 12.4. The van der Waals surface area contributed by atoms with Crippen molar-refractivity contribution in [3.05, 3.63) is 23.5 Å². The van der Waals surface area contributed by atoms with Gasteiger partial charge >= 0.3 is 0 Å². The number of nitrogens with zero attached hydrogens (tertiary/aromatic N) is 2. The van der Waals surface area contributed by atoms with Crippen molar-refractivity contribution in [2.45, 2.75) is 38.1 Å². The molecular weight excluding hydrogens is 274 g/mol. The van der Waals surface area contributed by atoms with E-state index in [9.17, 15) is 4.79 Å². The predicted molar refractivity (Wildman–Crippen MR) is 79.8 cm³/mol. The van der Waals surface area contributed by atoms with Crippen molar-refractivity contribution in [1.82, 2.24) is 9.88 Å². The number of carbonyl (C=O) groups excluding carboxylic acids is 1. The molecule has 108 valence electrons. The number of nitrogens with one attached hydrogen (secondary N) is 1. The summed E-state index contributed by atoms with van der Waals surface area (Å²) in [5, 5.41) is 3.93. The molecule has 5 heteroatoms. The van der Waals surface area contributed by atoms with Gasteiger partial charge in [-0.1, -0.05) is 24.4 Å². The normalized spacial score (nSPS) is 23.2. The summed E-state index contributed by atoms with van der Waals surface area (Å²) in [5.41, 5.74) is 0.977. The van der Waals surface area contributed by atoms with Gasteiger partial charge in [0.15, 0.2) is 0 Å². The number of amides is 1. The number of pyridine rings is 1. The summed E-state index contributed by atoms with van der Waals surface area (Å²) in [6, 6.07) is 4.05. The molecule has 2 aliphatic rings. The molecule has 4 nitrogen and oxygen atoms in total. The molecule has 2 heterocycles. The average molecular weight is 294 g/mol. The van der Waals surface area contributed by atoms with Gasteiger partial charge in [0, 0.05) is 36.9 Å². The van der Waals surface area contributed by atoms with Gasteiger partial charge in [-0.15, -0.1) is 0 Å². The van der Waals surface area contributed by atoms with E-state index in [1.54, 1.807) is 6.20 Å². The molecule has 0 aromatic carbocycles. The monoisotopic (exact) mass is 293 g/mol. The molecule has 2 fully saturated rings. The summed E-state index contributed by atoms with van der Waals surface area (Å²) in [6.07, 6.45) is 7.27. The number of rotatable bonds is 3. The Bertz CT molecular complexity index is 488. The number of likely N-dealkylation sites (tertiary alicyclic amines) is 1. The second kappa shape index (κ2) is 6.00. The third-order valence-corrected chi connectivity index (χ3v) is 4.51. The van der Waals surface area contributed by atoms with Gasteiger partial charge < -0.3 is 10.2 Å².